The first-order chi connectivity index (χ1) is 9.97. The molecule has 2 aromatic carbocycles. The summed E-state index contributed by atoms with van der Waals surface area (Å²) in [5.74, 6) is -0.0878. The number of hydrogen-bond donors (Lipinski definition) is 1. The minimum absolute atomic E-state index is 0.0226. The van der Waals surface area contributed by atoms with Crippen molar-refractivity contribution >= 4 is 34.2 Å². The Labute approximate surface area is 133 Å². The summed E-state index contributed by atoms with van der Waals surface area (Å²) in [5, 5.41) is 19.6. The van der Waals surface area contributed by atoms with Gasteiger partial charge >= 0.3 is 5.97 Å². The average molecular weight is 399 g/mol. The molecule has 0 aliphatic heterocycles. The molecule has 0 saturated heterocycles. The summed E-state index contributed by atoms with van der Waals surface area (Å²) in [4.78, 5) is 21.0. The van der Waals surface area contributed by atoms with Crippen molar-refractivity contribution in [3.8, 4) is 11.5 Å². The van der Waals surface area contributed by atoms with Crippen LogP contribution < -0.4 is 4.74 Å². The van der Waals surface area contributed by atoms with Crippen LogP contribution in [-0.4, -0.2) is 16.0 Å². The minimum atomic E-state index is -0.954. The van der Waals surface area contributed by atoms with Gasteiger partial charge in [-0.15, -0.1) is 0 Å². The molecule has 2 rings (SSSR count). The van der Waals surface area contributed by atoms with Crippen molar-refractivity contribution in [1.29, 1.82) is 0 Å². The fraction of sp³-hybridized carbons (Fsp3) is 0.0714. The van der Waals surface area contributed by atoms with Crippen LogP contribution in [0.25, 0.3) is 0 Å². The van der Waals surface area contributed by atoms with Gasteiger partial charge in [0.1, 0.15) is 11.5 Å². The maximum atomic E-state index is 10.8. The smallest absolute Gasteiger partial charge is 0.307 e. The van der Waals surface area contributed by atoms with Crippen molar-refractivity contribution < 1.29 is 19.6 Å². The predicted octanol–water partition coefficient (Wildman–Crippen LogP) is 3.62. The highest BCUT2D eigenvalue weighted by molar-refractivity contribution is 14.1. The second-order valence-electron chi connectivity index (χ2n) is 4.15. The van der Waals surface area contributed by atoms with Gasteiger partial charge < -0.3 is 9.84 Å². The number of nitrogens with zero attached hydrogens (tertiary/aromatic N) is 1. The van der Waals surface area contributed by atoms with Crippen LogP contribution in [0.1, 0.15) is 5.56 Å². The molecule has 0 spiro atoms. The number of carboxylic acids is 1. The fourth-order valence-corrected chi connectivity index (χ4v) is 2.33. The molecule has 0 bridgehead atoms. The lowest BCUT2D eigenvalue weighted by molar-refractivity contribution is -0.385. The molecule has 0 atom stereocenters. The minimum Gasteiger partial charge on any atom is -0.481 e. The summed E-state index contributed by atoms with van der Waals surface area (Å²) in [6.45, 7) is 0. The molecule has 1 N–H and O–H groups in total. The number of nitro groups is 1. The highest BCUT2D eigenvalue weighted by Gasteiger charge is 2.13. The van der Waals surface area contributed by atoms with Crippen molar-refractivity contribution in [3.63, 3.8) is 0 Å². The third-order valence-corrected chi connectivity index (χ3v) is 3.50. The van der Waals surface area contributed by atoms with Crippen LogP contribution in [0.5, 0.6) is 11.5 Å². The first-order valence-electron chi connectivity index (χ1n) is 5.89. The molecule has 0 aliphatic rings. The lowest BCUT2D eigenvalue weighted by Crippen LogP contribution is -2.02. The summed E-state index contributed by atoms with van der Waals surface area (Å²) >= 11 is 1.94. The summed E-state index contributed by atoms with van der Waals surface area (Å²) in [6, 6.07) is 11.0. The molecule has 0 fully saturated rings. The molecular weight excluding hydrogens is 389 g/mol. The highest BCUT2D eigenvalue weighted by atomic mass is 127. The number of ether oxygens (including phenoxy) is 1. The van der Waals surface area contributed by atoms with E-state index in [4.69, 9.17) is 9.84 Å². The van der Waals surface area contributed by atoms with Gasteiger partial charge in [0.25, 0.3) is 5.69 Å². The van der Waals surface area contributed by atoms with E-state index in [0.717, 1.165) is 0 Å². The van der Waals surface area contributed by atoms with E-state index in [9.17, 15) is 14.9 Å². The van der Waals surface area contributed by atoms with Gasteiger partial charge in [-0.05, 0) is 34.7 Å². The molecule has 0 radical (unpaired) electrons. The molecule has 0 unspecified atom stereocenters. The van der Waals surface area contributed by atoms with E-state index in [1.807, 2.05) is 22.6 Å². The number of nitro benzene ring substituents is 1. The number of halogens is 1. The molecule has 2 aromatic rings. The Morgan fingerprint density at radius 1 is 1.24 bits per heavy atom. The molecule has 0 amide bonds. The number of rotatable bonds is 5. The summed E-state index contributed by atoms with van der Waals surface area (Å²) in [7, 11) is 0. The number of aliphatic carboxylic acids is 1. The first-order valence-corrected chi connectivity index (χ1v) is 6.96. The van der Waals surface area contributed by atoms with Crippen LogP contribution >= 0.6 is 22.6 Å². The topological polar surface area (TPSA) is 89.7 Å². The largest absolute Gasteiger partial charge is 0.481 e. The van der Waals surface area contributed by atoms with Gasteiger partial charge in [-0.1, -0.05) is 18.2 Å². The van der Waals surface area contributed by atoms with Crippen molar-refractivity contribution in [2.75, 3.05) is 0 Å². The van der Waals surface area contributed by atoms with Crippen LogP contribution in [0.4, 0.5) is 5.69 Å². The zero-order chi connectivity index (χ0) is 15.4. The molecule has 0 aliphatic carbocycles. The van der Waals surface area contributed by atoms with E-state index >= 15 is 0 Å². The molecular formula is C14H10INO5. The SMILES string of the molecule is O=C(O)Cc1ccccc1Oc1ccc([N+](=O)[O-])cc1I. The molecule has 108 valence electrons. The maximum absolute atomic E-state index is 10.8. The second kappa shape index (κ2) is 6.53. The van der Waals surface area contributed by atoms with Gasteiger partial charge in [0.15, 0.2) is 0 Å². The van der Waals surface area contributed by atoms with E-state index in [1.165, 1.54) is 18.2 Å². The van der Waals surface area contributed by atoms with Crippen LogP contribution in [0.2, 0.25) is 0 Å². The molecule has 0 aromatic heterocycles. The number of carboxylic acid groups (broad SMARTS) is 1. The number of para-hydroxylation sites is 1. The Morgan fingerprint density at radius 2 is 1.95 bits per heavy atom. The van der Waals surface area contributed by atoms with Crippen LogP contribution in [0.3, 0.4) is 0 Å². The number of benzene rings is 2. The Kier molecular flexibility index (Phi) is 4.73. The van der Waals surface area contributed by atoms with E-state index < -0.39 is 10.9 Å². The van der Waals surface area contributed by atoms with Gasteiger partial charge in [-0.2, -0.15) is 0 Å². The van der Waals surface area contributed by atoms with Crippen molar-refractivity contribution in [3.05, 3.63) is 61.7 Å². The first kappa shape index (κ1) is 15.2. The Morgan fingerprint density at radius 3 is 2.57 bits per heavy atom. The Balaban J connectivity index is 2.30. The monoisotopic (exact) mass is 399 g/mol. The van der Waals surface area contributed by atoms with E-state index in [1.54, 1.807) is 24.3 Å². The molecule has 0 heterocycles. The van der Waals surface area contributed by atoms with Gasteiger partial charge in [0, 0.05) is 17.7 Å². The number of non-ortho nitro benzene ring substituents is 1. The zero-order valence-corrected chi connectivity index (χ0v) is 12.8. The predicted molar refractivity (Wildman–Crippen MR) is 83.7 cm³/mol. The number of hydrogen-bond acceptors (Lipinski definition) is 4. The summed E-state index contributed by atoms with van der Waals surface area (Å²) in [6.07, 6.45) is -0.153. The molecule has 6 nitrogen and oxygen atoms in total. The van der Waals surface area contributed by atoms with Gasteiger partial charge in [-0.3, -0.25) is 14.9 Å². The second-order valence-corrected chi connectivity index (χ2v) is 5.31. The normalized spacial score (nSPS) is 10.1. The van der Waals surface area contributed by atoms with Crippen molar-refractivity contribution in [2.45, 2.75) is 6.42 Å². The van der Waals surface area contributed by atoms with E-state index in [2.05, 4.69) is 0 Å². The quantitative estimate of drug-likeness (QED) is 0.471. The average Bonchev–Trinajstić information content (AvgIpc) is 2.42. The maximum Gasteiger partial charge on any atom is 0.307 e. The van der Waals surface area contributed by atoms with Crippen LogP contribution in [-0.2, 0) is 11.2 Å². The van der Waals surface area contributed by atoms with Crippen molar-refractivity contribution in [2.24, 2.45) is 0 Å². The Hall–Kier alpha value is -2.16. The van der Waals surface area contributed by atoms with Gasteiger partial charge in [0.05, 0.1) is 14.9 Å². The third kappa shape index (κ3) is 3.91. The van der Waals surface area contributed by atoms with E-state index in [-0.39, 0.29) is 12.1 Å². The van der Waals surface area contributed by atoms with Crippen LogP contribution in [0.15, 0.2) is 42.5 Å². The third-order valence-electron chi connectivity index (χ3n) is 2.66. The highest BCUT2D eigenvalue weighted by Crippen LogP contribution is 2.31. The molecule has 7 heteroatoms. The lowest BCUT2D eigenvalue weighted by atomic mass is 10.1. The lowest BCUT2D eigenvalue weighted by Gasteiger charge is -2.11. The molecule has 0 saturated carbocycles. The standard InChI is InChI=1S/C14H10INO5/c15-11-8-10(16(19)20)5-6-13(11)21-12-4-2-1-3-9(12)7-14(17)18/h1-6,8H,7H2,(H,17,18). The van der Waals surface area contributed by atoms with Crippen LogP contribution in [0, 0.1) is 13.7 Å². The Bertz CT molecular complexity index is 702. The van der Waals surface area contributed by atoms with Crippen molar-refractivity contribution in [1.82, 2.24) is 0 Å². The summed E-state index contributed by atoms with van der Waals surface area (Å²) in [5.41, 5.74) is 0.518. The van der Waals surface area contributed by atoms with E-state index in [0.29, 0.717) is 20.6 Å². The fourth-order valence-electron chi connectivity index (χ4n) is 1.72. The molecule has 21 heavy (non-hydrogen) atoms. The van der Waals surface area contributed by atoms with Gasteiger partial charge in [0.2, 0.25) is 0 Å². The zero-order valence-electron chi connectivity index (χ0n) is 10.7. The summed E-state index contributed by atoms with van der Waals surface area (Å²) < 4.78 is 6.26. The number of carbonyl (C=O) groups is 1. The van der Waals surface area contributed by atoms with Gasteiger partial charge in [-0.25, -0.2) is 0 Å².